The summed E-state index contributed by atoms with van der Waals surface area (Å²) in [6.07, 6.45) is 3.32. The van der Waals surface area contributed by atoms with E-state index in [0.29, 0.717) is 19.1 Å². The molecule has 0 bridgehead atoms. The average Bonchev–Trinajstić information content (AvgIpc) is 3.04. The standard InChI is InChI=1S/C26H32N4O3/c1-19(2)28-12-14-29(15-13-28)23(31)16-26(22-7-5-4-6-20(22)3)17-24(32)30(25(26)33)18-21-8-10-27-11-9-21/h4-11,19H,12-18H2,1-3H3. The minimum atomic E-state index is -1.16. The van der Waals surface area contributed by atoms with Crippen LogP contribution in [0.25, 0.3) is 0 Å². The Bertz CT molecular complexity index is 1030. The lowest BCUT2D eigenvalue weighted by Gasteiger charge is -2.38. The van der Waals surface area contributed by atoms with Crippen molar-refractivity contribution in [3.63, 3.8) is 0 Å². The average molecular weight is 449 g/mol. The number of aromatic nitrogens is 1. The number of hydrogen-bond donors (Lipinski definition) is 0. The highest BCUT2D eigenvalue weighted by molar-refractivity contribution is 6.10. The first-order valence-electron chi connectivity index (χ1n) is 11.6. The van der Waals surface area contributed by atoms with E-state index in [0.717, 1.165) is 29.8 Å². The molecule has 7 heteroatoms. The zero-order chi connectivity index (χ0) is 23.6. The Labute approximate surface area is 195 Å². The molecule has 1 aromatic carbocycles. The largest absolute Gasteiger partial charge is 0.340 e. The van der Waals surface area contributed by atoms with Crippen LogP contribution in [0.5, 0.6) is 0 Å². The zero-order valence-corrected chi connectivity index (χ0v) is 19.7. The minimum Gasteiger partial charge on any atom is -0.340 e. The predicted octanol–water partition coefficient (Wildman–Crippen LogP) is 2.53. The van der Waals surface area contributed by atoms with E-state index in [2.05, 4.69) is 23.7 Å². The Hall–Kier alpha value is -3.06. The molecule has 4 rings (SSSR count). The van der Waals surface area contributed by atoms with Gasteiger partial charge in [0.25, 0.3) is 0 Å². The first kappa shape index (κ1) is 23.1. The van der Waals surface area contributed by atoms with Gasteiger partial charge in [0, 0.05) is 57.5 Å². The molecule has 1 atom stereocenters. The fraction of sp³-hybridized carbons (Fsp3) is 0.462. The molecule has 2 fully saturated rings. The molecule has 3 heterocycles. The van der Waals surface area contributed by atoms with Crippen LogP contribution in [0.15, 0.2) is 48.8 Å². The van der Waals surface area contributed by atoms with Crippen molar-refractivity contribution in [2.45, 2.75) is 51.6 Å². The summed E-state index contributed by atoms with van der Waals surface area (Å²) in [5.74, 6) is -0.584. The molecule has 0 aliphatic carbocycles. The summed E-state index contributed by atoms with van der Waals surface area (Å²) in [6.45, 7) is 9.37. The molecule has 0 saturated carbocycles. The van der Waals surface area contributed by atoms with E-state index in [-0.39, 0.29) is 37.1 Å². The van der Waals surface area contributed by atoms with Crippen molar-refractivity contribution in [3.8, 4) is 0 Å². The van der Waals surface area contributed by atoms with Gasteiger partial charge in [0.1, 0.15) is 0 Å². The maximum absolute atomic E-state index is 13.9. The van der Waals surface area contributed by atoms with Crippen LogP contribution in [0.2, 0.25) is 0 Å². The maximum Gasteiger partial charge on any atom is 0.241 e. The third kappa shape index (κ3) is 4.55. The summed E-state index contributed by atoms with van der Waals surface area (Å²) in [6, 6.07) is 11.7. The number of amides is 3. The molecule has 2 aromatic rings. The Kier molecular flexibility index (Phi) is 6.61. The van der Waals surface area contributed by atoms with Crippen LogP contribution < -0.4 is 0 Å². The highest BCUT2D eigenvalue weighted by Crippen LogP contribution is 2.42. The van der Waals surface area contributed by atoms with E-state index < -0.39 is 5.41 Å². The van der Waals surface area contributed by atoms with E-state index >= 15 is 0 Å². The van der Waals surface area contributed by atoms with Crippen LogP contribution in [-0.2, 0) is 26.3 Å². The van der Waals surface area contributed by atoms with Crippen LogP contribution in [0.3, 0.4) is 0 Å². The van der Waals surface area contributed by atoms with E-state index in [1.807, 2.05) is 36.1 Å². The summed E-state index contributed by atoms with van der Waals surface area (Å²) in [5, 5.41) is 0. The van der Waals surface area contributed by atoms with Gasteiger partial charge in [-0.15, -0.1) is 0 Å². The van der Waals surface area contributed by atoms with Gasteiger partial charge in [0.2, 0.25) is 17.7 Å². The molecule has 33 heavy (non-hydrogen) atoms. The number of likely N-dealkylation sites (tertiary alicyclic amines) is 1. The number of aryl methyl sites for hydroxylation is 1. The van der Waals surface area contributed by atoms with Crippen LogP contribution >= 0.6 is 0 Å². The van der Waals surface area contributed by atoms with Gasteiger partial charge < -0.3 is 4.90 Å². The van der Waals surface area contributed by atoms with Crippen molar-refractivity contribution >= 4 is 17.7 Å². The topological polar surface area (TPSA) is 73.8 Å². The van der Waals surface area contributed by atoms with Crippen LogP contribution in [-0.4, -0.2) is 69.6 Å². The first-order valence-corrected chi connectivity index (χ1v) is 11.6. The second-order valence-electron chi connectivity index (χ2n) is 9.40. The fourth-order valence-corrected chi connectivity index (χ4v) is 5.04. The number of pyridine rings is 1. The Morgan fingerprint density at radius 2 is 1.70 bits per heavy atom. The summed E-state index contributed by atoms with van der Waals surface area (Å²) >= 11 is 0. The number of imide groups is 1. The van der Waals surface area contributed by atoms with Gasteiger partial charge in [-0.2, -0.15) is 0 Å². The molecule has 1 aromatic heterocycles. The molecule has 0 spiro atoms. The summed E-state index contributed by atoms with van der Waals surface area (Å²) in [4.78, 5) is 50.0. The maximum atomic E-state index is 13.9. The lowest BCUT2D eigenvalue weighted by molar-refractivity contribution is -0.143. The number of rotatable bonds is 6. The normalized spacial score (nSPS) is 21.8. The molecule has 2 aliphatic heterocycles. The highest BCUT2D eigenvalue weighted by atomic mass is 16.2. The van der Waals surface area contributed by atoms with E-state index in [9.17, 15) is 14.4 Å². The smallest absolute Gasteiger partial charge is 0.241 e. The minimum absolute atomic E-state index is 0.0109. The Balaban J connectivity index is 1.62. The van der Waals surface area contributed by atoms with Gasteiger partial charge in [-0.1, -0.05) is 24.3 Å². The van der Waals surface area contributed by atoms with E-state index in [1.165, 1.54) is 4.90 Å². The molecule has 2 saturated heterocycles. The molecule has 2 aliphatic rings. The number of nitrogens with zero attached hydrogens (tertiary/aromatic N) is 4. The molecular weight excluding hydrogens is 416 g/mol. The van der Waals surface area contributed by atoms with Crippen molar-refractivity contribution < 1.29 is 14.4 Å². The molecule has 174 valence electrons. The monoisotopic (exact) mass is 448 g/mol. The fourth-order valence-electron chi connectivity index (χ4n) is 5.04. The number of carbonyl (C=O) groups excluding carboxylic acids is 3. The van der Waals surface area contributed by atoms with Gasteiger partial charge in [-0.25, -0.2) is 0 Å². The number of piperazine rings is 1. The number of hydrogen-bond acceptors (Lipinski definition) is 5. The lowest BCUT2D eigenvalue weighted by atomic mass is 9.74. The zero-order valence-electron chi connectivity index (χ0n) is 19.7. The van der Waals surface area contributed by atoms with Gasteiger partial charge in [-0.05, 0) is 49.6 Å². The summed E-state index contributed by atoms with van der Waals surface area (Å²) in [7, 11) is 0. The van der Waals surface area contributed by atoms with Gasteiger partial charge in [0.15, 0.2) is 0 Å². The van der Waals surface area contributed by atoms with Crippen molar-refractivity contribution in [2.75, 3.05) is 26.2 Å². The SMILES string of the molecule is Cc1ccccc1C1(CC(=O)N2CCN(C(C)C)CC2)CC(=O)N(Cc2ccncc2)C1=O. The van der Waals surface area contributed by atoms with Gasteiger partial charge >= 0.3 is 0 Å². The lowest BCUT2D eigenvalue weighted by Crippen LogP contribution is -2.52. The highest BCUT2D eigenvalue weighted by Gasteiger charge is 2.54. The van der Waals surface area contributed by atoms with Crippen molar-refractivity contribution in [1.82, 2.24) is 19.7 Å². The third-order valence-electron chi connectivity index (χ3n) is 7.01. The van der Waals surface area contributed by atoms with Crippen LogP contribution in [0.4, 0.5) is 0 Å². The van der Waals surface area contributed by atoms with Crippen molar-refractivity contribution in [2.24, 2.45) is 0 Å². The molecule has 3 amide bonds. The number of carbonyl (C=O) groups is 3. The van der Waals surface area contributed by atoms with Crippen molar-refractivity contribution in [3.05, 3.63) is 65.5 Å². The quantitative estimate of drug-likeness (QED) is 0.635. The van der Waals surface area contributed by atoms with Crippen LogP contribution in [0.1, 0.15) is 43.4 Å². The molecule has 7 nitrogen and oxygen atoms in total. The Morgan fingerprint density at radius 1 is 1.03 bits per heavy atom. The summed E-state index contributed by atoms with van der Waals surface area (Å²) in [5.41, 5.74) is 1.36. The van der Waals surface area contributed by atoms with E-state index in [4.69, 9.17) is 0 Å². The second kappa shape index (κ2) is 9.43. The molecular formula is C26H32N4O3. The Morgan fingerprint density at radius 3 is 2.33 bits per heavy atom. The summed E-state index contributed by atoms with van der Waals surface area (Å²) < 4.78 is 0. The van der Waals surface area contributed by atoms with Crippen molar-refractivity contribution in [1.29, 1.82) is 0 Å². The second-order valence-corrected chi connectivity index (χ2v) is 9.40. The van der Waals surface area contributed by atoms with Gasteiger partial charge in [-0.3, -0.25) is 29.2 Å². The predicted molar refractivity (Wildman–Crippen MR) is 125 cm³/mol. The first-order chi connectivity index (χ1) is 15.8. The molecule has 0 N–H and O–H groups in total. The van der Waals surface area contributed by atoms with E-state index in [1.54, 1.807) is 24.5 Å². The third-order valence-corrected chi connectivity index (χ3v) is 7.01. The van der Waals surface area contributed by atoms with Gasteiger partial charge in [0.05, 0.1) is 12.0 Å². The van der Waals surface area contributed by atoms with Crippen LogP contribution in [0, 0.1) is 6.92 Å². The number of benzene rings is 1. The molecule has 1 unspecified atom stereocenters. The molecule has 0 radical (unpaired) electrons.